The number of ether oxygens (including phenoxy) is 1. The van der Waals surface area contributed by atoms with Gasteiger partial charge in [0.05, 0.1) is 18.8 Å². The molecule has 1 aromatic rings. The first-order valence-electron chi connectivity index (χ1n) is 5.48. The normalized spacial score (nSPS) is 18.8. The van der Waals surface area contributed by atoms with Gasteiger partial charge in [0.15, 0.2) is 0 Å². The third kappa shape index (κ3) is 2.42. The second-order valence-electron chi connectivity index (χ2n) is 3.66. The highest BCUT2D eigenvalue weighted by atomic mass is 16.5. The van der Waals surface area contributed by atoms with Crippen LogP contribution in [0.1, 0.15) is 18.0 Å². The summed E-state index contributed by atoms with van der Waals surface area (Å²) in [6.07, 6.45) is 4.40. The molecule has 3 nitrogen and oxygen atoms in total. The van der Waals surface area contributed by atoms with Gasteiger partial charge in [-0.25, -0.2) is 0 Å². The maximum Gasteiger partial charge on any atom is 0.106 e. The summed E-state index contributed by atoms with van der Waals surface area (Å²) >= 11 is 0. The van der Waals surface area contributed by atoms with E-state index in [1.807, 2.05) is 12.3 Å². The molecule has 0 amide bonds. The average molecular weight is 216 g/mol. The first-order valence-corrected chi connectivity index (χ1v) is 5.48. The van der Waals surface area contributed by atoms with Gasteiger partial charge in [0.25, 0.3) is 0 Å². The van der Waals surface area contributed by atoms with E-state index in [4.69, 9.17) is 4.74 Å². The molecule has 1 unspecified atom stereocenters. The maximum atomic E-state index is 5.13. The van der Waals surface area contributed by atoms with Gasteiger partial charge >= 0.3 is 0 Å². The van der Waals surface area contributed by atoms with Crippen molar-refractivity contribution in [3.8, 4) is 0 Å². The van der Waals surface area contributed by atoms with Crippen molar-refractivity contribution in [3.63, 3.8) is 0 Å². The van der Waals surface area contributed by atoms with Crippen LogP contribution in [0.15, 0.2) is 48.3 Å². The summed E-state index contributed by atoms with van der Waals surface area (Å²) in [4.78, 5) is 0. The van der Waals surface area contributed by atoms with E-state index in [2.05, 4.69) is 41.0 Å². The molecular weight excluding hydrogens is 200 g/mol. The molecule has 0 N–H and O–H groups in total. The Morgan fingerprint density at radius 2 is 2.25 bits per heavy atom. The molecule has 1 aliphatic rings. The van der Waals surface area contributed by atoms with E-state index in [0.29, 0.717) is 12.6 Å². The Balaban J connectivity index is 1.97. The molecule has 1 aromatic carbocycles. The molecule has 3 heteroatoms. The van der Waals surface area contributed by atoms with Crippen LogP contribution in [0.4, 0.5) is 0 Å². The highest BCUT2D eigenvalue weighted by Crippen LogP contribution is 2.27. The Hall–Kier alpha value is -1.77. The van der Waals surface area contributed by atoms with Crippen LogP contribution in [0.25, 0.3) is 0 Å². The van der Waals surface area contributed by atoms with Gasteiger partial charge in [-0.3, -0.25) is 5.01 Å². The molecule has 0 aliphatic carbocycles. The van der Waals surface area contributed by atoms with Crippen LogP contribution in [0.5, 0.6) is 0 Å². The first kappa shape index (κ1) is 10.7. The highest BCUT2D eigenvalue weighted by molar-refractivity contribution is 5.60. The number of nitrogens with zero attached hydrogens (tertiary/aromatic N) is 2. The number of rotatable bonds is 5. The van der Waals surface area contributed by atoms with Crippen LogP contribution in [-0.4, -0.2) is 24.4 Å². The fourth-order valence-electron chi connectivity index (χ4n) is 1.88. The summed E-state index contributed by atoms with van der Waals surface area (Å²) in [6, 6.07) is 10.8. The lowest BCUT2D eigenvalue weighted by Crippen LogP contribution is -2.23. The molecule has 0 saturated carbocycles. The molecule has 0 saturated heterocycles. The maximum absolute atomic E-state index is 5.13. The molecule has 0 aromatic heterocycles. The van der Waals surface area contributed by atoms with E-state index < -0.39 is 0 Å². The van der Waals surface area contributed by atoms with Crippen molar-refractivity contribution >= 4 is 6.21 Å². The lowest BCUT2D eigenvalue weighted by atomic mass is 10.1. The van der Waals surface area contributed by atoms with Crippen molar-refractivity contribution in [1.29, 1.82) is 0 Å². The molecule has 0 radical (unpaired) electrons. The predicted molar refractivity (Wildman–Crippen MR) is 65.1 cm³/mol. The minimum atomic E-state index is 0.356. The van der Waals surface area contributed by atoms with Crippen LogP contribution in [0, 0.1) is 0 Å². The topological polar surface area (TPSA) is 24.8 Å². The van der Waals surface area contributed by atoms with Gasteiger partial charge in [-0.2, -0.15) is 5.10 Å². The minimum absolute atomic E-state index is 0.356. The summed E-state index contributed by atoms with van der Waals surface area (Å²) in [6.45, 7) is 4.95. The third-order valence-electron chi connectivity index (χ3n) is 2.66. The fraction of sp³-hybridized carbons (Fsp3) is 0.308. The lowest BCUT2D eigenvalue weighted by Gasteiger charge is -2.23. The van der Waals surface area contributed by atoms with Crippen molar-refractivity contribution in [2.75, 3.05) is 13.2 Å². The molecule has 1 atom stereocenters. The van der Waals surface area contributed by atoms with Gasteiger partial charge in [0, 0.05) is 12.6 Å². The summed E-state index contributed by atoms with van der Waals surface area (Å²) < 4.78 is 5.13. The molecule has 2 rings (SSSR count). The Bertz CT molecular complexity index is 361. The van der Waals surface area contributed by atoms with Crippen molar-refractivity contribution in [2.24, 2.45) is 5.10 Å². The molecule has 1 aliphatic heterocycles. The van der Waals surface area contributed by atoms with E-state index in [-0.39, 0.29) is 0 Å². The summed E-state index contributed by atoms with van der Waals surface area (Å²) in [5, 5.41) is 6.43. The number of hydrogen-bond acceptors (Lipinski definition) is 3. The molecule has 1 heterocycles. The van der Waals surface area contributed by atoms with Crippen LogP contribution < -0.4 is 0 Å². The fourth-order valence-corrected chi connectivity index (χ4v) is 1.88. The Morgan fingerprint density at radius 1 is 1.44 bits per heavy atom. The zero-order chi connectivity index (χ0) is 11.2. The lowest BCUT2D eigenvalue weighted by molar-refractivity contribution is 0.158. The van der Waals surface area contributed by atoms with Gasteiger partial charge in [-0.05, 0) is 5.56 Å². The summed E-state index contributed by atoms with van der Waals surface area (Å²) in [5.41, 5.74) is 1.30. The number of benzene rings is 1. The SMILES string of the molecule is C=COCCN1N=CCC1c1ccccc1. The molecule has 84 valence electrons. The van der Waals surface area contributed by atoms with E-state index in [9.17, 15) is 0 Å². The van der Waals surface area contributed by atoms with E-state index >= 15 is 0 Å². The Labute approximate surface area is 96.0 Å². The van der Waals surface area contributed by atoms with E-state index in [1.165, 1.54) is 11.8 Å². The molecule has 0 fully saturated rings. The third-order valence-corrected chi connectivity index (χ3v) is 2.66. The highest BCUT2D eigenvalue weighted by Gasteiger charge is 2.21. The molecule has 0 spiro atoms. The minimum Gasteiger partial charge on any atom is -0.500 e. The largest absolute Gasteiger partial charge is 0.500 e. The summed E-state index contributed by atoms with van der Waals surface area (Å²) in [7, 11) is 0. The second-order valence-corrected chi connectivity index (χ2v) is 3.66. The Morgan fingerprint density at radius 3 is 3.00 bits per heavy atom. The van der Waals surface area contributed by atoms with Crippen molar-refractivity contribution in [2.45, 2.75) is 12.5 Å². The number of hydrazone groups is 1. The molecule has 16 heavy (non-hydrogen) atoms. The van der Waals surface area contributed by atoms with Gasteiger partial charge in [-0.15, -0.1) is 0 Å². The van der Waals surface area contributed by atoms with Gasteiger partial charge in [0.1, 0.15) is 6.61 Å². The zero-order valence-corrected chi connectivity index (χ0v) is 9.25. The monoisotopic (exact) mass is 216 g/mol. The predicted octanol–water partition coefficient (Wildman–Crippen LogP) is 2.58. The standard InChI is InChI=1S/C13H16N2O/c1-2-16-11-10-15-13(8-9-14-15)12-6-4-3-5-7-12/h2-7,9,13H,1,8,10-11H2. The zero-order valence-electron chi connectivity index (χ0n) is 9.25. The number of hydrogen-bond donors (Lipinski definition) is 0. The van der Waals surface area contributed by atoms with Crippen LogP contribution in [0.2, 0.25) is 0 Å². The average Bonchev–Trinajstić information content (AvgIpc) is 2.79. The molecular formula is C13H16N2O. The van der Waals surface area contributed by atoms with Gasteiger partial charge in [0.2, 0.25) is 0 Å². The van der Waals surface area contributed by atoms with Crippen molar-refractivity contribution < 1.29 is 4.74 Å². The van der Waals surface area contributed by atoms with Crippen molar-refractivity contribution in [3.05, 3.63) is 48.7 Å². The van der Waals surface area contributed by atoms with Gasteiger partial charge < -0.3 is 4.74 Å². The van der Waals surface area contributed by atoms with Crippen molar-refractivity contribution in [1.82, 2.24) is 5.01 Å². The second kappa shape index (κ2) is 5.35. The summed E-state index contributed by atoms with van der Waals surface area (Å²) in [5.74, 6) is 0. The van der Waals surface area contributed by atoms with E-state index in [0.717, 1.165) is 13.0 Å². The molecule has 0 bridgehead atoms. The Kier molecular flexibility index (Phi) is 3.59. The van der Waals surface area contributed by atoms with Gasteiger partial charge in [-0.1, -0.05) is 36.9 Å². The van der Waals surface area contributed by atoms with Crippen LogP contribution in [0.3, 0.4) is 0 Å². The van der Waals surface area contributed by atoms with E-state index in [1.54, 1.807) is 0 Å². The van der Waals surface area contributed by atoms with Crippen LogP contribution in [-0.2, 0) is 4.74 Å². The van der Waals surface area contributed by atoms with Crippen LogP contribution >= 0.6 is 0 Å². The quantitative estimate of drug-likeness (QED) is 0.558. The smallest absolute Gasteiger partial charge is 0.106 e. The first-order chi connectivity index (χ1) is 7.92.